The second-order valence-electron chi connectivity index (χ2n) is 5.61. The van der Waals surface area contributed by atoms with Crippen molar-refractivity contribution in [3.8, 4) is 0 Å². The molecule has 1 amide bonds. The molecule has 0 unspecified atom stereocenters. The molecule has 0 aliphatic heterocycles. The van der Waals surface area contributed by atoms with Gasteiger partial charge >= 0.3 is 0 Å². The first-order chi connectivity index (χ1) is 8.68. The quantitative estimate of drug-likeness (QED) is 0.672. The van der Waals surface area contributed by atoms with Crippen molar-refractivity contribution in [1.82, 2.24) is 15.3 Å². The number of carbonyl (C=O) groups excluding carboxylic acids is 1. The Labute approximate surface area is 127 Å². The molecule has 0 saturated heterocycles. The van der Waals surface area contributed by atoms with E-state index in [2.05, 4.69) is 52.0 Å². The van der Waals surface area contributed by atoms with E-state index in [0.29, 0.717) is 5.75 Å². The zero-order valence-corrected chi connectivity index (χ0v) is 14.4. The summed E-state index contributed by atoms with van der Waals surface area (Å²) in [5.41, 5.74) is -0.112. The number of aromatic nitrogens is 2. The molecule has 0 atom stereocenters. The number of halogens is 1. The van der Waals surface area contributed by atoms with Crippen LogP contribution in [0.25, 0.3) is 0 Å². The van der Waals surface area contributed by atoms with Crippen molar-refractivity contribution in [3.05, 3.63) is 16.5 Å². The summed E-state index contributed by atoms with van der Waals surface area (Å²) < 4.78 is 0.749. The lowest BCUT2D eigenvalue weighted by Crippen LogP contribution is -2.31. The molecule has 0 radical (unpaired) electrons. The Balaban J connectivity index is 2.74. The summed E-state index contributed by atoms with van der Waals surface area (Å²) in [6.07, 6.45) is 0. The third-order valence-electron chi connectivity index (χ3n) is 2.14. The average molecular weight is 346 g/mol. The minimum atomic E-state index is -0.112. The monoisotopic (exact) mass is 345 g/mol. The molecule has 106 valence electrons. The standard InChI is InChI=1S/C13H20BrN3OS/c1-8(2)15-10(18)7-19-11-6-9(14)16-12(17-11)13(3,4)5/h6,8H,7H2,1-5H3,(H,15,18). The molecular formula is C13H20BrN3OS. The van der Waals surface area contributed by atoms with E-state index in [1.807, 2.05) is 19.9 Å². The van der Waals surface area contributed by atoms with Gasteiger partial charge in [-0.25, -0.2) is 9.97 Å². The van der Waals surface area contributed by atoms with Gasteiger partial charge in [0.25, 0.3) is 0 Å². The summed E-state index contributed by atoms with van der Waals surface area (Å²) in [7, 11) is 0. The first-order valence-corrected chi connectivity index (χ1v) is 7.93. The molecule has 0 fully saturated rings. The van der Waals surface area contributed by atoms with Gasteiger partial charge in [-0.05, 0) is 29.8 Å². The van der Waals surface area contributed by atoms with Crippen molar-refractivity contribution in [2.45, 2.75) is 51.1 Å². The van der Waals surface area contributed by atoms with Crippen LogP contribution < -0.4 is 5.32 Å². The van der Waals surface area contributed by atoms with Gasteiger partial charge < -0.3 is 5.32 Å². The first-order valence-electron chi connectivity index (χ1n) is 6.15. The van der Waals surface area contributed by atoms with E-state index in [9.17, 15) is 4.79 Å². The summed E-state index contributed by atoms with van der Waals surface area (Å²) in [6.45, 7) is 10.1. The number of carbonyl (C=O) groups is 1. The second kappa shape index (κ2) is 6.70. The molecule has 0 aromatic carbocycles. The summed E-state index contributed by atoms with van der Waals surface area (Å²) in [4.78, 5) is 20.5. The van der Waals surface area contributed by atoms with Gasteiger partial charge in [0.1, 0.15) is 15.5 Å². The van der Waals surface area contributed by atoms with E-state index in [1.165, 1.54) is 11.8 Å². The Bertz CT molecular complexity index is 458. The number of hydrogen-bond acceptors (Lipinski definition) is 4. The van der Waals surface area contributed by atoms with Crippen LogP contribution in [0.4, 0.5) is 0 Å². The average Bonchev–Trinajstić information content (AvgIpc) is 2.23. The van der Waals surface area contributed by atoms with Gasteiger partial charge in [0, 0.05) is 17.5 Å². The van der Waals surface area contributed by atoms with E-state index < -0.39 is 0 Å². The number of hydrogen-bond donors (Lipinski definition) is 1. The fourth-order valence-corrected chi connectivity index (χ4v) is 2.55. The van der Waals surface area contributed by atoms with Crippen LogP contribution in [0.15, 0.2) is 15.7 Å². The van der Waals surface area contributed by atoms with Crippen LogP contribution in [0.1, 0.15) is 40.4 Å². The molecule has 1 aromatic heterocycles. The fraction of sp³-hybridized carbons (Fsp3) is 0.615. The molecule has 1 aromatic rings. The van der Waals surface area contributed by atoms with Gasteiger partial charge in [-0.15, -0.1) is 0 Å². The van der Waals surface area contributed by atoms with Gasteiger partial charge in [-0.1, -0.05) is 32.5 Å². The lowest BCUT2D eigenvalue weighted by atomic mass is 9.96. The van der Waals surface area contributed by atoms with Gasteiger partial charge in [0.15, 0.2) is 0 Å². The molecule has 1 rings (SSSR count). The summed E-state index contributed by atoms with van der Waals surface area (Å²) in [5, 5.41) is 3.67. The van der Waals surface area contributed by atoms with Crippen LogP contribution in [0, 0.1) is 0 Å². The Kier molecular flexibility index (Phi) is 5.80. The van der Waals surface area contributed by atoms with E-state index in [0.717, 1.165) is 15.5 Å². The van der Waals surface area contributed by atoms with Crippen molar-refractivity contribution in [2.75, 3.05) is 5.75 Å². The number of nitrogens with one attached hydrogen (secondary N) is 1. The predicted molar refractivity (Wildman–Crippen MR) is 82.4 cm³/mol. The topological polar surface area (TPSA) is 54.9 Å². The Hall–Kier alpha value is -0.620. The van der Waals surface area contributed by atoms with E-state index in [4.69, 9.17) is 0 Å². The van der Waals surface area contributed by atoms with Crippen LogP contribution >= 0.6 is 27.7 Å². The minimum absolute atomic E-state index is 0.0204. The van der Waals surface area contributed by atoms with Crippen molar-refractivity contribution in [3.63, 3.8) is 0 Å². The molecule has 6 heteroatoms. The highest BCUT2D eigenvalue weighted by molar-refractivity contribution is 9.10. The molecule has 0 bridgehead atoms. The zero-order chi connectivity index (χ0) is 14.6. The molecule has 0 aliphatic carbocycles. The Morgan fingerprint density at radius 2 is 2.05 bits per heavy atom. The van der Waals surface area contributed by atoms with Crippen molar-refractivity contribution >= 4 is 33.6 Å². The van der Waals surface area contributed by atoms with Gasteiger partial charge in [-0.2, -0.15) is 0 Å². The fourth-order valence-electron chi connectivity index (χ4n) is 1.31. The normalized spacial score (nSPS) is 11.7. The van der Waals surface area contributed by atoms with Gasteiger partial charge in [0.2, 0.25) is 5.91 Å². The van der Waals surface area contributed by atoms with Crippen molar-refractivity contribution < 1.29 is 4.79 Å². The van der Waals surface area contributed by atoms with Crippen molar-refractivity contribution in [1.29, 1.82) is 0 Å². The maximum Gasteiger partial charge on any atom is 0.230 e. The molecule has 19 heavy (non-hydrogen) atoms. The molecular weight excluding hydrogens is 326 g/mol. The number of amides is 1. The molecule has 1 N–H and O–H groups in total. The highest BCUT2D eigenvalue weighted by Gasteiger charge is 2.19. The maximum atomic E-state index is 11.6. The SMILES string of the molecule is CC(C)NC(=O)CSc1cc(Br)nc(C(C)(C)C)n1. The lowest BCUT2D eigenvalue weighted by molar-refractivity contribution is -0.119. The van der Waals surface area contributed by atoms with Gasteiger partial charge in [-0.3, -0.25) is 4.79 Å². The smallest absolute Gasteiger partial charge is 0.230 e. The third-order valence-corrected chi connectivity index (χ3v) is 3.46. The van der Waals surface area contributed by atoms with Crippen LogP contribution in [-0.2, 0) is 10.2 Å². The molecule has 4 nitrogen and oxygen atoms in total. The summed E-state index contributed by atoms with van der Waals surface area (Å²) >= 11 is 4.81. The zero-order valence-electron chi connectivity index (χ0n) is 12.0. The van der Waals surface area contributed by atoms with Crippen LogP contribution in [0.2, 0.25) is 0 Å². The molecule has 0 aliphatic rings. The van der Waals surface area contributed by atoms with E-state index in [1.54, 1.807) is 0 Å². The second-order valence-corrected chi connectivity index (χ2v) is 7.42. The van der Waals surface area contributed by atoms with Crippen LogP contribution in [-0.4, -0.2) is 27.7 Å². The van der Waals surface area contributed by atoms with E-state index >= 15 is 0 Å². The largest absolute Gasteiger partial charge is 0.353 e. The maximum absolute atomic E-state index is 11.6. The first kappa shape index (κ1) is 16.4. The number of nitrogens with zero attached hydrogens (tertiary/aromatic N) is 2. The molecule has 0 spiro atoms. The van der Waals surface area contributed by atoms with Gasteiger partial charge in [0.05, 0.1) is 5.75 Å². The van der Waals surface area contributed by atoms with Crippen molar-refractivity contribution in [2.24, 2.45) is 0 Å². The Morgan fingerprint density at radius 1 is 1.42 bits per heavy atom. The third kappa shape index (κ3) is 5.91. The van der Waals surface area contributed by atoms with E-state index in [-0.39, 0.29) is 17.4 Å². The molecule has 0 saturated carbocycles. The lowest BCUT2D eigenvalue weighted by Gasteiger charge is -2.17. The predicted octanol–water partition coefficient (Wildman–Crippen LogP) is 3.15. The summed E-state index contributed by atoms with van der Waals surface area (Å²) in [6, 6.07) is 2.00. The van der Waals surface area contributed by atoms with Crippen LogP contribution in [0.5, 0.6) is 0 Å². The highest BCUT2D eigenvalue weighted by atomic mass is 79.9. The highest BCUT2D eigenvalue weighted by Crippen LogP contribution is 2.24. The number of rotatable bonds is 4. The number of thioether (sulfide) groups is 1. The molecule has 1 heterocycles. The Morgan fingerprint density at radius 3 is 2.58 bits per heavy atom. The minimum Gasteiger partial charge on any atom is -0.353 e. The summed E-state index contributed by atoms with van der Waals surface area (Å²) in [5.74, 6) is 1.16. The van der Waals surface area contributed by atoms with Crippen LogP contribution in [0.3, 0.4) is 0 Å².